The monoisotopic (exact) mass is 296 g/mol. The van der Waals surface area contributed by atoms with E-state index in [4.69, 9.17) is 0 Å². The van der Waals surface area contributed by atoms with E-state index in [9.17, 15) is 4.79 Å². The maximum Gasteiger partial charge on any atom is 0.226 e. The molecule has 1 amide bonds. The van der Waals surface area contributed by atoms with Gasteiger partial charge in [-0.3, -0.25) is 14.5 Å². The summed E-state index contributed by atoms with van der Waals surface area (Å²) in [6.07, 6.45) is 11.5. The highest BCUT2D eigenvalue weighted by molar-refractivity contribution is 5.89. The molecule has 5 heteroatoms. The van der Waals surface area contributed by atoms with E-state index in [0.717, 1.165) is 31.5 Å². The lowest BCUT2D eigenvalue weighted by atomic mass is 10.1. The predicted molar refractivity (Wildman–Crippen MR) is 85.3 cm³/mol. The van der Waals surface area contributed by atoms with Gasteiger partial charge in [-0.2, -0.15) is 5.10 Å². The molecule has 2 aromatic rings. The van der Waals surface area contributed by atoms with Crippen molar-refractivity contribution in [2.45, 2.75) is 32.2 Å². The topological polar surface area (TPSA) is 59.8 Å². The lowest BCUT2D eigenvalue weighted by molar-refractivity contribution is -0.116. The molecule has 1 aliphatic rings. The summed E-state index contributed by atoms with van der Waals surface area (Å²) in [5, 5.41) is 7.25. The molecule has 3 rings (SSSR count). The lowest BCUT2D eigenvalue weighted by Crippen LogP contribution is -2.15. The SMILES string of the molecule is O=C(C[C@@H]1C=CCC1)Nc1ccn(CCc2ccccn2)n1. The molecule has 0 saturated carbocycles. The first kappa shape index (κ1) is 14.5. The molecule has 0 spiro atoms. The van der Waals surface area contributed by atoms with Crippen LogP contribution in [0.2, 0.25) is 0 Å². The number of hydrogen-bond acceptors (Lipinski definition) is 3. The number of aryl methyl sites for hydroxylation is 2. The third-order valence-electron chi connectivity index (χ3n) is 3.79. The molecule has 0 fully saturated rings. The number of pyridine rings is 1. The third-order valence-corrected chi connectivity index (χ3v) is 3.79. The van der Waals surface area contributed by atoms with Gasteiger partial charge in [0.15, 0.2) is 5.82 Å². The normalized spacial score (nSPS) is 16.8. The summed E-state index contributed by atoms with van der Waals surface area (Å²) in [4.78, 5) is 16.2. The molecule has 0 aromatic carbocycles. The van der Waals surface area contributed by atoms with E-state index in [2.05, 4.69) is 27.6 Å². The Labute approximate surface area is 130 Å². The fourth-order valence-electron chi connectivity index (χ4n) is 2.63. The number of carbonyl (C=O) groups is 1. The van der Waals surface area contributed by atoms with Crippen LogP contribution >= 0.6 is 0 Å². The Morgan fingerprint density at radius 2 is 2.32 bits per heavy atom. The standard InChI is InChI=1S/C17H20N4O/c22-17(13-14-5-1-2-6-14)19-16-9-12-21(20-16)11-8-15-7-3-4-10-18-15/h1,3-5,7,9-10,12,14H,2,6,8,11,13H2,(H,19,20,22)/t14-/m1/s1. The molecule has 5 nitrogen and oxygen atoms in total. The van der Waals surface area contributed by atoms with Crippen molar-refractivity contribution in [1.82, 2.24) is 14.8 Å². The molecular weight excluding hydrogens is 276 g/mol. The minimum absolute atomic E-state index is 0.0338. The average Bonchev–Trinajstić information content (AvgIpc) is 3.18. The Balaban J connectivity index is 1.48. The number of anilines is 1. The Hall–Kier alpha value is -2.43. The molecule has 0 aliphatic heterocycles. The van der Waals surface area contributed by atoms with Gasteiger partial charge in [0.05, 0.1) is 0 Å². The number of aromatic nitrogens is 3. The molecular formula is C17H20N4O. The second kappa shape index (κ2) is 7.02. The van der Waals surface area contributed by atoms with E-state index < -0.39 is 0 Å². The maximum atomic E-state index is 12.0. The van der Waals surface area contributed by atoms with Crippen molar-refractivity contribution in [3.05, 3.63) is 54.5 Å². The van der Waals surface area contributed by atoms with E-state index in [1.165, 1.54) is 0 Å². The number of nitrogens with zero attached hydrogens (tertiary/aromatic N) is 3. The Morgan fingerprint density at radius 1 is 1.36 bits per heavy atom. The van der Waals surface area contributed by atoms with Gasteiger partial charge in [0.1, 0.15) is 0 Å². The van der Waals surface area contributed by atoms with E-state index >= 15 is 0 Å². The molecule has 114 valence electrons. The summed E-state index contributed by atoms with van der Waals surface area (Å²) < 4.78 is 1.83. The molecule has 0 saturated heterocycles. The van der Waals surface area contributed by atoms with Crippen molar-refractivity contribution in [2.24, 2.45) is 5.92 Å². The van der Waals surface area contributed by atoms with E-state index in [0.29, 0.717) is 18.2 Å². The highest BCUT2D eigenvalue weighted by Gasteiger charge is 2.14. The van der Waals surface area contributed by atoms with Gasteiger partial charge < -0.3 is 5.32 Å². The quantitative estimate of drug-likeness (QED) is 0.834. The van der Waals surface area contributed by atoms with Crippen LogP contribution in [0.1, 0.15) is 25.0 Å². The van der Waals surface area contributed by atoms with Gasteiger partial charge in [-0.05, 0) is 30.9 Å². The average molecular weight is 296 g/mol. The second-order valence-corrected chi connectivity index (χ2v) is 5.55. The van der Waals surface area contributed by atoms with Crippen molar-refractivity contribution in [2.75, 3.05) is 5.32 Å². The van der Waals surface area contributed by atoms with E-state index in [-0.39, 0.29) is 5.91 Å². The van der Waals surface area contributed by atoms with Gasteiger partial charge in [-0.15, -0.1) is 0 Å². The van der Waals surface area contributed by atoms with Gasteiger partial charge in [0.2, 0.25) is 5.91 Å². The van der Waals surface area contributed by atoms with Gasteiger partial charge in [0.25, 0.3) is 0 Å². The second-order valence-electron chi connectivity index (χ2n) is 5.55. The first-order chi connectivity index (χ1) is 10.8. The summed E-state index contributed by atoms with van der Waals surface area (Å²) in [5.41, 5.74) is 1.04. The largest absolute Gasteiger partial charge is 0.309 e. The van der Waals surface area contributed by atoms with Crippen LogP contribution in [0.25, 0.3) is 0 Å². The molecule has 2 heterocycles. The third kappa shape index (κ3) is 4.04. The zero-order valence-corrected chi connectivity index (χ0v) is 12.5. The smallest absolute Gasteiger partial charge is 0.226 e. The summed E-state index contributed by atoms with van der Waals surface area (Å²) in [6.45, 7) is 0.748. The van der Waals surface area contributed by atoms with Crippen molar-refractivity contribution < 1.29 is 4.79 Å². The van der Waals surface area contributed by atoms with Gasteiger partial charge >= 0.3 is 0 Å². The number of allylic oxidation sites excluding steroid dienone is 2. The Kier molecular flexibility index (Phi) is 4.63. The van der Waals surface area contributed by atoms with Crippen LogP contribution in [0.5, 0.6) is 0 Å². The Morgan fingerprint density at radius 3 is 3.09 bits per heavy atom. The van der Waals surface area contributed by atoms with Crippen molar-refractivity contribution in [3.8, 4) is 0 Å². The summed E-state index contributed by atoms with van der Waals surface area (Å²) in [7, 11) is 0. The van der Waals surface area contributed by atoms with Crippen molar-refractivity contribution in [3.63, 3.8) is 0 Å². The summed E-state index contributed by atoms with van der Waals surface area (Å²) >= 11 is 0. The summed E-state index contributed by atoms with van der Waals surface area (Å²) in [5.74, 6) is 1.03. The number of amides is 1. The highest BCUT2D eigenvalue weighted by atomic mass is 16.1. The molecule has 0 radical (unpaired) electrons. The van der Waals surface area contributed by atoms with Crippen LogP contribution in [-0.4, -0.2) is 20.7 Å². The van der Waals surface area contributed by atoms with Crippen molar-refractivity contribution >= 4 is 11.7 Å². The number of carbonyl (C=O) groups excluding carboxylic acids is 1. The molecule has 0 unspecified atom stereocenters. The van der Waals surface area contributed by atoms with Gasteiger partial charge in [-0.25, -0.2) is 0 Å². The number of nitrogens with one attached hydrogen (secondary N) is 1. The van der Waals surface area contributed by atoms with Crippen LogP contribution in [0, 0.1) is 5.92 Å². The van der Waals surface area contributed by atoms with E-state index in [1.807, 2.05) is 35.1 Å². The molecule has 1 atom stereocenters. The van der Waals surface area contributed by atoms with Crippen LogP contribution < -0.4 is 5.32 Å². The lowest BCUT2D eigenvalue weighted by Gasteiger charge is -2.06. The first-order valence-electron chi connectivity index (χ1n) is 7.69. The maximum absolute atomic E-state index is 12.0. The van der Waals surface area contributed by atoms with Crippen LogP contribution in [0.15, 0.2) is 48.8 Å². The fraction of sp³-hybridized carbons (Fsp3) is 0.353. The fourth-order valence-corrected chi connectivity index (χ4v) is 2.63. The molecule has 1 N–H and O–H groups in total. The molecule has 0 bridgehead atoms. The molecule has 2 aromatic heterocycles. The van der Waals surface area contributed by atoms with Crippen LogP contribution in [0.3, 0.4) is 0 Å². The summed E-state index contributed by atoms with van der Waals surface area (Å²) in [6, 6.07) is 7.72. The van der Waals surface area contributed by atoms with Gasteiger partial charge in [0, 0.05) is 43.5 Å². The zero-order valence-electron chi connectivity index (χ0n) is 12.5. The first-order valence-corrected chi connectivity index (χ1v) is 7.69. The van der Waals surface area contributed by atoms with Crippen LogP contribution in [-0.2, 0) is 17.8 Å². The minimum atomic E-state index is 0.0338. The molecule has 1 aliphatic carbocycles. The van der Waals surface area contributed by atoms with E-state index in [1.54, 1.807) is 6.20 Å². The number of hydrogen-bond donors (Lipinski definition) is 1. The van der Waals surface area contributed by atoms with Crippen molar-refractivity contribution in [1.29, 1.82) is 0 Å². The Bertz CT molecular complexity index is 648. The van der Waals surface area contributed by atoms with Crippen LogP contribution in [0.4, 0.5) is 5.82 Å². The molecule has 22 heavy (non-hydrogen) atoms. The van der Waals surface area contributed by atoms with Gasteiger partial charge in [-0.1, -0.05) is 18.2 Å². The predicted octanol–water partition coefficient (Wildman–Crippen LogP) is 2.82. The zero-order chi connectivity index (χ0) is 15.2. The number of rotatable bonds is 6. The minimum Gasteiger partial charge on any atom is -0.309 e. The highest BCUT2D eigenvalue weighted by Crippen LogP contribution is 2.20.